The monoisotopic (exact) mass is 235 g/mol. The number of hydrogen-bond acceptors (Lipinski definition) is 1. The van der Waals surface area contributed by atoms with Crippen molar-refractivity contribution in [2.75, 3.05) is 0 Å². The molecule has 1 aliphatic carbocycles. The minimum Gasteiger partial charge on any atom is -0.388 e. The first-order valence-electron chi connectivity index (χ1n) is 5.74. The maximum absolute atomic E-state index is 10.2. The Hall–Kier alpha value is -0.990. The number of rotatable bonds is 0. The Kier molecular flexibility index (Phi) is 2.41. The Labute approximate surface area is 99.2 Å². The van der Waals surface area contributed by atoms with Crippen molar-refractivity contribution in [2.45, 2.75) is 31.8 Å². The number of halogens is 1. The Morgan fingerprint density at radius 1 is 1.31 bits per heavy atom. The minimum atomic E-state index is -0.343. The van der Waals surface area contributed by atoms with E-state index in [-0.39, 0.29) is 6.10 Å². The molecule has 0 saturated heterocycles. The van der Waals surface area contributed by atoms with Crippen molar-refractivity contribution in [2.24, 2.45) is 0 Å². The van der Waals surface area contributed by atoms with E-state index in [1.54, 1.807) is 0 Å². The molecule has 0 bridgehead atoms. The van der Waals surface area contributed by atoms with E-state index in [4.69, 9.17) is 11.6 Å². The molecular weight excluding hydrogens is 222 g/mol. The molecule has 3 rings (SSSR count). The van der Waals surface area contributed by atoms with Crippen molar-refractivity contribution in [3.8, 4) is 0 Å². The molecule has 1 atom stereocenters. The topological polar surface area (TPSA) is 36.0 Å². The number of aromatic amines is 1. The molecule has 0 radical (unpaired) electrons. The van der Waals surface area contributed by atoms with Crippen LogP contribution in [0.25, 0.3) is 10.9 Å². The Balaban J connectivity index is 2.30. The third-order valence-electron chi connectivity index (χ3n) is 3.39. The second kappa shape index (κ2) is 3.79. The molecule has 0 spiro atoms. The summed E-state index contributed by atoms with van der Waals surface area (Å²) in [5.41, 5.74) is 3.19. The van der Waals surface area contributed by atoms with Gasteiger partial charge in [0.1, 0.15) is 0 Å². The molecule has 2 nitrogen and oxygen atoms in total. The van der Waals surface area contributed by atoms with Crippen LogP contribution in [0.4, 0.5) is 0 Å². The number of aliphatic hydroxyl groups excluding tert-OH is 1. The van der Waals surface area contributed by atoms with Gasteiger partial charge in [-0.05, 0) is 25.3 Å². The van der Waals surface area contributed by atoms with Gasteiger partial charge in [0.2, 0.25) is 0 Å². The highest BCUT2D eigenvalue weighted by Gasteiger charge is 2.21. The van der Waals surface area contributed by atoms with Gasteiger partial charge in [0, 0.05) is 16.6 Å². The van der Waals surface area contributed by atoms with Crippen LogP contribution in [0.5, 0.6) is 0 Å². The van der Waals surface area contributed by atoms with Crippen molar-refractivity contribution in [3.05, 3.63) is 34.5 Å². The predicted molar refractivity (Wildman–Crippen MR) is 65.8 cm³/mol. The third kappa shape index (κ3) is 1.45. The molecule has 1 aromatic carbocycles. The molecule has 1 unspecified atom stereocenters. The van der Waals surface area contributed by atoms with Crippen LogP contribution in [0.2, 0.25) is 5.02 Å². The lowest BCUT2D eigenvalue weighted by Crippen LogP contribution is -1.96. The molecule has 1 aromatic heterocycles. The van der Waals surface area contributed by atoms with E-state index < -0.39 is 0 Å². The van der Waals surface area contributed by atoms with E-state index in [0.29, 0.717) is 0 Å². The quantitative estimate of drug-likeness (QED) is 0.673. The second-order valence-electron chi connectivity index (χ2n) is 4.44. The van der Waals surface area contributed by atoms with E-state index >= 15 is 0 Å². The van der Waals surface area contributed by atoms with Crippen LogP contribution in [0.15, 0.2) is 18.2 Å². The molecule has 0 amide bonds. The number of nitrogens with one attached hydrogen (secondary N) is 1. The summed E-state index contributed by atoms with van der Waals surface area (Å²) in [5, 5.41) is 12.0. The van der Waals surface area contributed by atoms with Crippen LogP contribution < -0.4 is 0 Å². The van der Waals surface area contributed by atoms with Crippen LogP contribution in [0.1, 0.15) is 36.6 Å². The highest BCUT2D eigenvalue weighted by atomic mass is 35.5. The fourth-order valence-electron chi connectivity index (χ4n) is 2.62. The van der Waals surface area contributed by atoms with Crippen molar-refractivity contribution in [1.82, 2.24) is 4.98 Å². The molecular formula is C13H14ClNO. The zero-order chi connectivity index (χ0) is 11.1. The maximum atomic E-state index is 10.2. The summed E-state index contributed by atoms with van der Waals surface area (Å²) in [6.45, 7) is 0. The lowest BCUT2D eigenvalue weighted by atomic mass is 10.0. The lowest BCUT2D eigenvalue weighted by Gasteiger charge is -2.07. The Morgan fingerprint density at radius 2 is 2.19 bits per heavy atom. The maximum Gasteiger partial charge on any atom is 0.0813 e. The minimum absolute atomic E-state index is 0.343. The standard InChI is InChI=1S/C13H14ClNO/c14-9-5-3-4-8-12-10(15-13(8)9)6-1-2-7-11(12)16/h3-5,11,15-16H,1-2,6-7H2. The number of para-hydroxylation sites is 1. The van der Waals surface area contributed by atoms with Gasteiger partial charge in [0.15, 0.2) is 0 Å². The van der Waals surface area contributed by atoms with Gasteiger partial charge in [-0.15, -0.1) is 0 Å². The van der Waals surface area contributed by atoms with E-state index in [0.717, 1.165) is 52.9 Å². The van der Waals surface area contributed by atoms with Gasteiger partial charge in [-0.3, -0.25) is 0 Å². The number of benzene rings is 1. The van der Waals surface area contributed by atoms with Crippen molar-refractivity contribution in [3.63, 3.8) is 0 Å². The number of hydrogen-bond donors (Lipinski definition) is 2. The predicted octanol–water partition coefficient (Wildman–Crippen LogP) is 3.58. The van der Waals surface area contributed by atoms with Gasteiger partial charge in [-0.1, -0.05) is 30.2 Å². The third-order valence-corrected chi connectivity index (χ3v) is 3.71. The molecule has 1 heterocycles. The number of aromatic nitrogens is 1. The first-order chi connectivity index (χ1) is 7.77. The first kappa shape index (κ1) is 10.2. The highest BCUT2D eigenvalue weighted by molar-refractivity contribution is 6.35. The van der Waals surface area contributed by atoms with Gasteiger partial charge < -0.3 is 10.1 Å². The van der Waals surface area contributed by atoms with Crippen molar-refractivity contribution in [1.29, 1.82) is 0 Å². The first-order valence-corrected chi connectivity index (χ1v) is 6.12. The molecule has 84 valence electrons. The summed E-state index contributed by atoms with van der Waals surface area (Å²) in [4.78, 5) is 3.36. The Morgan fingerprint density at radius 3 is 3.06 bits per heavy atom. The number of aliphatic hydroxyl groups is 1. The Bertz CT molecular complexity index is 532. The smallest absolute Gasteiger partial charge is 0.0813 e. The molecule has 0 aliphatic heterocycles. The largest absolute Gasteiger partial charge is 0.388 e. The van der Waals surface area contributed by atoms with Crippen LogP contribution in [0, 0.1) is 0 Å². The zero-order valence-corrected chi connectivity index (χ0v) is 9.72. The van der Waals surface area contributed by atoms with Gasteiger partial charge in [-0.2, -0.15) is 0 Å². The molecule has 2 N–H and O–H groups in total. The van der Waals surface area contributed by atoms with E-state index in [1.807, 2.05) is 18.2 Å². The number of aryl methyl sites for hydroxylation is 1. The summed E-state index contributed by atoms with van der Waals surface area (Å²) in [7, 11) is 0. The molecule has 0 fully saturated rings. The number of fused-ring (bicyclic) bond motifs is 3. The SMILES string of the molecule is OC1CCCCc2[nH]c3c(Cl)cccc3c21. The molecule has 2 aromatic rings. The molecule has 0 saturated carbocycles. The molecule has 1 aliphatic rings. The van der Waals surface area contributed by atoms with Crippen LogP contribution in [-0.4, -0.2) is 10.1 Å². The normalized spacial score (nSPS) is 20.8. The van der Waals surface area contributed by atoms with E-state index in [9.17, 15) is 5.11 Å². The van der Waals surface area contributed by atoms with Gasteiger partial charge in [-0.25, -0.2) is 0 Å². The average molecular weight is 236 g/mol. The summed E-state index contributed by atoms with van der Waals surface area (Å²) in [6.07, 6.45) is 3.74. The summed E-state index contributed by atoms with van der Waals surface area (Å²) < 4.78 is 0. The van der Waals surface area contributed by atoms with Gasteiger partial charge in [0.25, 0.3) is 0 Å². The zero-order valence-electron chi connectivity index (χ0n) is 8.96. The van der Waals surface area contributed by atoms with Gasteiger partial charge in [0.05, 0.1) is 16.6 Å². The lowest BCUT2D eigenvalue weighted by molar-refractivity contribution is 0.168. The fourth-order valence-corrected chi connectivity index (χ4v) is 2.84. The van der Waals surface area contributed by atoms with Gasteiger partial charge >= 0.3 is 0 Å². The van der Waals surface area contributed by atoms with E-state index in [2.05, 4.69) is 4.98 Å². The van der Waals surface area contributed by atoms with Crippen molar-refractivity contribution >= 4 is 22.5 Å². The average Bonchev–Trinajstić information content (AvgIpc) is 2.55. The van der Waals surface area contributed by atoms with E-state index in [1.165, 1.54) is 0 Å². The highest BCUT2D eigenvalue weighted by Crippen LogP contribution is 2.36. The summed E-state index contributed by atoms with van der Waals surface area (Å²) in [6, 6.07) is 5.85. The number of H-pyrrole nitrogens is 1. The molecule has 16 heavy (non-hydrogen) atoms. The summed E-state index contributed by atoms with van der Waals surface area (Å²) >= 11 is 6.15. The van der Waals surface area contributed by atoms with Crippen LogP contribution in [-0.2, 0) is 6.42 Å². The molecule has 3 heteroatoms. The fraction of sp³-hybridized carbons (Fsp3) is 0.385. The summed E-state index contributed by atoms with van der Waals surface area (Å²) in [5.74, 6) is 0. The van der Waals surface area contributed by atoms with Crippen LogP contribution >= 0.6 is 11.6 Å². The van der Waals surface area contributed by atoms with Crippen LogP contribution in [0.3, 0.4) is 0 Å². The second-order valence-corrected chi connectivity index (χ2v) is 4.85. The van der Waals surface area contributed by atoms with Crippen molar-refractivity contribution < 1.29 is 5.11 Å².